The van der Waals surface area contributed by atoms with E-state index in [0.29, 0.717) is 17.8 Å². The monoisotopic (exact) mass is 411 g/mol. The average molecular weight is 411 g/mol. The van der Waals surface area contributed by atoms with Crippen molar-refractivity contribution in [3.05, 3.63) is 45.0 Å². The molecule has 1 amide bonds. The number of esters is 1. The Labute approximate surface area is 141 Å². The summed E-state index contributed by atoms with van der Waals surface area (Å²) in [5, 5.41) is 0. The average Bonchev–Trinajstić information content (AvgIpc) is 2.86. The molecule has 1 aliphatic rings. The molecule has 0 bridgehead atoms. The van der Waals surface area contributed by atoms with Gasteiger partial charge in [0.05, 0.1) is 30.1 Å². The summed E-state index contributed by atoms with van der Waals surface area (Å²) in [6.45, 7) is 2.34. The highest BCUT2D eigenvalue weighted by Crippen LogP contribution is 2.27. The molecule has 0 spiro atoms. The molecule has 2 aromatic rings. The molecule has 114 valence electrons. The topological polar surface area (TPSA) is 64.4 Å². The van der Waals surface area contributed by atoms with Crippen molar-refractivity contribution >= 4 is 34.5 Å². The van der Waals surface area contributed by atoms with Crippen molar-refractivity contribution in [2.45, 2.75) is 13.5 Å². The largest absolute Gasteiger partial charge is 0.461 e. The van der Waals surface area contributed by atoms with Crippen LogP contribution in [-0.4, -0.2) is 40.0 Å². The van der Waals surface area contributed by atoms with Crippen molar-refractivity contribution in [2.24, 2.45) is 0 Å². The molecule has 2 heterocycles. The SMILES string of the molecule is CCOC(=O)c1ncn2c1CN(C)C(=O)c1cc(I)ccc1-2. The highest BCUT2D eigenvalue weighted by molar-refractivity contribution is 14.1. The molecule has 0 N–H and O–H groups in total. The van der Waals surface area contributed by atoms with E-state index in [1.807, 2.05) is 18.2 Å². The smallest absolute Gasteiger partial charge is 0.358 e. The molecule has 0 fully saturated rings. The van der Waals surface area contributed by atoms with E-state index in [9.17, 15) is 9.59 Å². The van der Waals surface area contributed by atoms with Crippen molar-refractivity contribution < 1.29 is 14.3 Å². The van der Waals surface area contributed by atoms with Gasteiger partial charge in [-0.3, -0.25) is 9.36 Å². The molecule has 22 heavy (non-hydrogen) atoms. The van der Waals surface area contributed by atoms with Gasteiger partial charge in [0.1, 0.15) is 6.33 Å². The Kier molecular flexibility index (Phi) is 3.90. The highest BCUT2D eigenvalue weighted by Gasteiger charge is 2.28. The van der Waals surface area contributed by atoms with E-state index in [1.165, 1.54) is 0 Å². The van der Waals surface area contributed by atoms with Crippen LogP contribution in [0, 0.1) is 3.57 Å². The molecule has 3 rings (SSSR count). The van der Waals surface area contributed by atoms with Crippen LogP contribution in [0.2, 0.25) is 0 Å². The number of hydrogen-bond acceptors (Lipinski definition) is 4. The summed E-state index contributed by atoms with van der Waals surface area (Å²) in [5.41, 5.74) is 2.25. The van der Waals surface area contributed by atoms with Crippen LogP contribution in [0.3, 0.4) is 0 Å². The minimum Gasteiger partial charge on any atom is -0.461 e. The Bertz CT molecular complexity index is 769. The summed E-state index contributed by atoms with van der Waals surface area (Å²) < 4.78 is 7.81. The number of amides is 1. The van der Waals surface area contributed by atoms with Crippen molar-refractivity contribution in [3.8, 4) is 5.69 Å². The van der Waals surface area contributed by atoms with Crippen LogP contribution in [-0.2, 0) is 11.3 Å². The molecule has 1 aliphatic heterocycles. The summed E-state index contributed by atoms with van der Waals surface area (Å²) in [5.74, 6) is -0.543. The molecule has 0 saturated heterocycles. The number of carbonyl (C=O) groups is 2. The normalized spacial score (nSPS) is 13.4. The molecule has 0 aliphatic carbocycles. The number of imidazole rings is 1. The van der Waals surface area contributed by atoms with Crippen molar-refractivity contribution in [1.29, 1.82) is 0 Å². The van der Waals surface area contributed by atoms with Gasteiger partial charge in [0.25, 0.3) is 5.91 Å². The Morgan fingerprint density at radius 3 is 2.95 bits per heavy atom. The van der Waals surface area contributed by atoms with E-state index in [4.69, 9.17) is 4.74 Å². The van der Waals surface area contributed by atoms with Crippen LogP contribution in [0.1, 0.15) is 33.5 Å². The van der Waals surface area contributed by atoms with Gasteiger partial charge in [-0.2, -0.15) is 0 Å². The third-order valence-corrected chi connectivity index (χ3v) is 4.19. The summed E-state index contributed by atoms with van der Waals surface area (Å²) >= 11 is 2.17. The fraction of sp³-hybridized carbons (Fsp3) is 0.267. The van der Waals surface area contributed by atoms with Crippen molar-refractivity contribution in [2.75, 3.05) is 13.7 Å². The molecule has 1 aromatic heterocycles. The standard InChI is InChI=1S/C15H14IN3O3/c1-3-22-15(21)13-12-7-18(2)14(20)10-6-9(16)4-5-11(10)19(12)8-17-13/h4-6,8H,3,7H2,1-2H3. The highest BCUT2D eigenvalue weighted by atomic mass is 127. The third kappa shape index (κ3) is 2.39. The number of rotatable bonds is 2. The number of nitrogens with zero attached hydrogens (tertiary/aromatic N) is 3. The number of aromatic nitrogens is 2. The summed E-state index contributed by atoms with van der Waals surface area (Å²) in [6, 6.07) is 5.63. The second-order valence-electron chi connectivity index (χ2n) is 4.95. The maximum absolute atomic E-state index is 12.5. The second kappa shape index (κ2) is 5.71. The number of hydrogen-bond donors (Lipinski definition) is 0. The van der Waals surface area contributed by atoms with Crippen LogP contribution < -0.4 is 0 Å². The van der Waals surface area contributed by atoms with Crippen LogP contribution in [0.25, 0.3) is 5.69 Å². The van der Waals surface area contributed by atoms with Gasteiger partial charge < -0.3 is 9.64 Å². The number of halogens is 1. The Morgan fingerprint density at radius 1 is 1.45 bits per heavy atom. The lowest BCUT2D eigenvalue weighted by Gasteiger charge is -2.14. The number of fused-ring (bicyclic) bond motifs is 3. The van der Waals surface area contributed by atoms with Gasteiger partial charge in [-0.1, -0.05) is 0 Å². The maximum atomic E-state index is 12.5. The lowest BCUT2D eigenvalue weighted by Crippen LogP contribution is -2.26. The molecular formula is C15H14IN3O3. The summed E-state index contributed by atoms with van der Waals surface area (Å²) in [4.78, 5) is 30.3. The van der Waals surface area contributed by atoms with Gasteiger partial charge in [0.2, 0.25) is 0 Å². The number of carbonyl (C=O) groups excluding carboxylic acids is 2. The van der Waals surface area contributed by atoms with Crippen LogP contribution in [0.4, 0.5) is 0 Å². The van der Waals surface area contributed by atoms with Gasteiger partial charge in [-0.05, 0) is 47.7 Å². The van der Waals surface area contributed by atoms with E-state index in [1.54, 1.807) is 29.8 Å². The zero-order valence-electron chi connectivity index (χ0n) is 12.2. The van der Waals surface area contributed by atoms with Gasteiger partial charge >= 0.3 is 5.97 Å². The predicted molar refractivity (Wildman–Crippen MR) is 88.0 cm³/mol. The van der Waals surface area contributed by atoms with Crippen molar-refractivity contribution in [1.82, 2.24) is 14.5 Å². The first-order valence-electron chi connectivity index (χ1n) is 6.81. The second-order valence-corrected chi connectivity index (χ2v) is 6.20. The van der Waals surface area contributed by atoms with Gasteiger partial charge in [0.15, 0.2) is 5.69 Å². The maximum Gasteiger partial charge on any atom is 0.358 e. The number of benzene rings is 1. The summed E-state index contributed by atoms with van der Waals surface area (Å²) in [6.07, 6.45) is 1.57. The van der Waals surface area contributed by atoms with Crippen molar-refractivity contribution in [3.63, 3.8) is 0 Å². The first-order chi connectivity index (χ1) is 10.5. The van der Waals surface area contributed by atoms with Crippen LogP contribution in [0.15, 0.2) is 24.5 Å². The van der Waals surface area contributed by atoms with Gasteiger partial charge in [-0.15, -0.1) is 0 Å². The van der Waals surface area contributed by atoms with Crippen LogP contribution in [0.5, 0.6) is 0 Å². The predicted octanol–water partition coefficient (Wildman–Crippen LogP) is 2.24. The van der Waals surface area contributed by atoms with E-state index in [-0.39, 0.29) is 18.2 Å². The van der Waals surface area contributed by atoms with E-state index in [0.717, 1.165) is 9.26 Å². The van der Waals surface area contributed by atoms with Gasteiger partial charge in [0, 0.05) is 10.6 Å². The fourth-order valence-electron chi connectivity index (χ4n) is 2.49. The van der Waals surface area contributed by atoms with E-state index < -0.39 is 5.97 Å². The summed E-state index contributed by atoms with van der Waals surface area (Å²) in [7, 11) is 1.71. The third-order valence-electron chi connectivity index (χ3n) is 3.52. The molecular weight excluding hydrogens is 397 g/mol. The van der Waals surface area contributed by atoms with E-state index >= 15 is 0 Å². The first kappa shape index (κ1) is 15.0. The zero-order chi connectivity index (χ0) is 15.9. The molecule has 0 radical (unpaired) electrons. The molecule has 7 heteroatoms. The molecule has 0 saturated carbocycles. The molecule has 6 nitrogen and oxygen atoms in total. The Hall–Kier alpha value is -1.90. The minimum atomic E-state index is -0.467. The zero-order valence-corrected chi connectivity index (χ0v) is 14.3. The minimum absolute atomic E-state index is 0.0768. The number of ether oxygens (including phenoxy) is 1. The van der Waals surface area contributed by atoms with Gasteiger partial charge in [-0.25, -0.2) is 9.78 Å². The lowest BCUT2D eigenvalue weighted by molar-refractivity contribution is 0.0516. The Morgan fingerprint density at radius 2 is 2.23 bits per heavy atom. The molecule has 0 atom stereocenters. The van der Waals surface area contributed by atoms with Crippen LogP contribution >= 0.6 is 22.6 Å². The first-order valence-corrected chi connectivity index (χ1v) is 7.89. The van der Waals surface area contributed by atoms with E-state index in [2.05, 4.69) is 27.6 Å². The molecule has 0 unspecified atom stereocenters. The fourth-order valence-corrected chi connectivity index (χ4v) is 2.99. The lowest BCUT2D eigenvalue weighted by atomic mass is 10.1. The molecule has 1 aromatic carbocycles. The quantitative estimate of drug-likeness (QED) is 0.562. The Balaban J connectivity index is 2.20.